The van der Waals surface area contributed by atoms with Gasteiger partial charge in [-0.2, -0.15) is 0 Å². The molecule has 112 valence electrons. The number of nitrogen functional groups attached to an aromatic ring is 1. The van der Waals surface area contributed by atoms with Gasteiger partial charge >= 0.3 is 0 Å². The quantitative estimate of drug-likeness (QED) is 0.548. The van der Waals surface area contributed by atoms with Gasteiger partial charge in [-0.15, -0.1) is 11.3 Å². The van der Waals surface area contributed by atoms with E-state index in [9.17, 15) is 9.59 Å². The second kappa shape index (κ2) is 7.74. The van der Waals surface area contributed by atoms with E-state index >= 15 is 0 Å². The fraction of sp³-hybridized carbons (Fsp3) is 0.538. The first-order valence-corrected chi connectivity index (χ1v) is 7.52. The average Bonchev–Trinajstić information content (AvgIpc) is 2.75. The predicted octanol–water partition coefficient (Wildman–Crippen LogP) is 1.78. The van der Waals surface area contributed by atoms with Crippen LogP contribution in [0.1, 0.15) is 52.6 Å². The Balaban J connectivity index is 2.85. The fourth-order valence-corrected chi connectivity index (χ4v) is 2.85. The Bertz CT molecular complexity index is 485. The minimum Gasteiger partial charge on any atom is -0.397 e. The number of anilines is 2. The van der Waals surface area contributed by atoms with Gasteiger partial charge in [0.15, 0.2) is 0 Å². The predicted molar refractivity (Wildman–Crippen MR) is 83.3 cm³/mol. The summed E-state index contributed by atoms with van der Waals surface area (Å²) >= 11 is 1.13. The molecule has 7 heteroatoms. The fourth-order valence-electron chi connectivity index (χ4n) is 1.86. The highest BCUT2D eigenvalue weighted by Gasteiger charge is 2.23. The Morgan fingerprint density at radius 3 is 2.50 bits per heavy atom. The van der Waals surface area contributed by atoms with Crippen molar-refractivity contribution in [3.63, 3.8) is 0 Å². The lowest BCUT2D eigenvalue weighted by Gasteiger charge is -2.07. The third kappa shape index (κ3) is 3.86. The number of carbonyl (C=O) groups is 2. The van der Waals surface area contributed by atoms with Gasteiger partial charge in [0.05, 0.1) is 11.3 Å². The maximum absolute atomic E-state index is 11.8. The van der Waals surface area contributed by atoms with Crippen LogP contribution in [0, 0.1) is 0 Å². The lowest BCUT2D eigenvalue weighted by atomic mass is 10.2. The first-order chi connectivity index (χ1) is 9.52. The molecule has 0 atom stereocenters. The van der Waals surface area contributed by atoms with Crippen molar-refractivity contribution in [1.82, 2.24) is 5.32 Å². The minimum atomic E-state index is -0.614. The molecule has 0 aliphatic heterocycles. The highest BCUT2D eigenvalue weighted by atomic mass is 32.1. The Hall–Kier alpha value is -1.76. The molecular formula is C13H22N4O2S. The van der Waals surface area contributed by atoms with Gasteiger partial charge in [0.1, 0.15) is 9.88 Å². The molecule has 6 N–H and O–H groups in total. The SMILES string of the molecule is CCCCCCNc1sc(C(N)=O)c(N)c1C(=O)NC. The number of nitrogens with one attached hydrogen (secondary N) is 2. The lowest BCUT2D eigenvalue weighted by Crippen LogP contribution is -2.20. The van der Waals surface area contributed by atoms with Crippen LogP contribution in [0.4, 0.5) is 10.7 Å². The van der Waals surface area contributed by atoms with Crippen LogP contribution in [0.15, 0.2) is 0 Å². The van der Waals surface area contributed by atoms with Crippen LogP contribution in [-0.2, 0) is 0 Å². The number of primary amides is 1. The zero-order valence-corrected chi connectivity index (χ0v) is 12.7. The van der Waals surface area contributed by atoms with Crippen LogP contribution < -0.4 is 22.1 Å². The molecule has 0 saturated carbocycles. The number of thiophene rings is 1. The van der Waals surface area contributed by atoms with Gasteiger partial charge in [-0.1, -0.05) is 26.2 Å². The molecule has 0 saturated heterocycles. The van der Waals surface area contributed by atoms with E-state index in [-0.39, 0.29) is 16.5 Å². The van der Waals surface area contributed by atoms with Crippen LogP contribution in [0.3, 0.4) is 0 Å². The van der Waals surface area contributed by atoms with Crippen molar-refractivity contribution in [2.45, 2.75) is 32.6 Å². The smallest absolute Gasteiger partial charge is 0.260 e. The minimum absolute atomic E-state index is 0.151. The first kappa shape index (κ1) is 16.3. The Labute approximate surface area is 122 Å². The molecule has 1 heterocycles. The van der Waals surface area contributed by atoms with Crippen molar-refractivity contribution in [2.24, 2.45) is 5.73 Å². The summed E-state index contributed by atoms with van der Waals surface area (Å²) in [4.78, 5) is 23.4. The number of rotatable bonds is 8. The van der Waals surface area contributed by atoms with Crippen LogP contribution in [-0.4, -0.2) is 25.4 Å². The summed E-state index contributed by atoms with van der Waals surface area (Å²) in [5.74, 6) is -0.931. The van der Waals surface area contributed by atoms with E-state index in [0.29, 0.717) is 10.6 Å². The Morgan fingerprint density at radius 2 is 1.95 bits per heavy atom. The molecule has 0 bridgehead atoms. The van der Waals surface area contributed by atoms with Gasteiger partial charge in [-0.05, 0) is 6.42 Å². The lowest BCUT2D eigenvalue weighted by molar-refractivity contribution is 0.0965. The molecule has 20 heavy (non-hydrogen) atoms. The van der Waals surface area contributed by atoms with E-state index in [1.165, 1.54) is 19.9 Å². The summed E-state index contributed by atoms with van der Waals surface area (Å²) in [6.07, 6.45) is 4.48. The van der Waals surface area contributed by atoms with Crippen molar-refractivity contribution in [2.75, 3.05) is 24.6 Å². The summed E-state index contributed by atoms with van der Waals surface area (Å²) < 4.78 is 0. The van der Waals surface area contributed by atoms with E-state index in [0.717, 1.165) is 30.7 Å². The van der Waals surface area contributed by atoms with Gasteiger partial charge in [0, 0.05) is 13.6 Å². The third-order valence-corrected chi connectivity index (χ3v) is 4.12. The van der Waals surface area contributed by atoms with Crippen LogP contribution in [0.5, 0.6) is 0 Å². The largest absolute Gasteiger partial charge is 0.397 e. The zero-order chi connectivity index (χ0) is 15.1. The van der Waals surface area contributed by atoms with Crippen LogP contribution in [0.2, 0.25) is 0 Å². The Morgan fingerprint density at radius 1 is 1.25 bits per heavy atom. The summed E-state index contributed by atoms with van der Waals surface area (Å²) in [5, 5.41) is 6.30. The van der Waals surface area contributed by atoms with Crippen molar-refractivity contribution in [3.8, 4) is 0 Å². The topological polar surface area (TPSA) is 110 Å². The molecule has 0 fully saturated rings. The maximum atomic E-state index is 11.8. The monoisotopic (exact) mass is 298 g/mol. The molecule has 0 spiro atoms. The molecule has 0 aliphatic carbocycles. The Kier molecular flexibility index (Phi) is 6.30. The molecule has 1 rings (SSSR count). The number of hydrogen-bond acceptors (Lipinski definition) is 5. The van der Waals surface area contributed by atoms with Gasteiger partial charge < -0.3 is 22.1 Å². The van der Waals surface area contributed by atoms with Crippen molar-refractivity contribution in [3.05, 3.63) is 10.4 Å². The van der Waals surface area contributed by atoms with Gasteiger partial charge in [0.25, 0.3) is 11.8 Å². The van der Waals surface area contributed by atoms with Crippen LogP contribution >= 0.6 is 11.3 Å². The standard InChI is InChI=1S/C13H22N4O2S/c1-3-4-5-6-7-17-13-8(12(19)16-2)9(14)10(20-13)11(15)18/h17H,3-7,14H2,1-2H3,(H2,15,18)(H,16,19). The second-order valence-electron chi connectivity index (χ2n) is 4.48. The van der Waals surface area contributed by atoms with Gasteiger partial charge in [-0.3, -0.25) is 9.59 Å². The van der Waals surface area contributed by atoms with Crippen molar-refractivity contribution >= 4 is 33.8 Å². The molecule has 0 aliphatic rings. The zero-order valence-electron chi connectivity index (χ0n) is 11.9. The molecule has 6 nitrogen and oxygen atoms in total. The third-order valence-electron chi connectivity index (χ3n) is 2.94. The molecule has 1 aromatic rings. The molecular weight excluding hydrogens is 276 g/mol. The number of nitrogens with two attached hydrogens (primary N) is 2. The molecule has 1 aromatic heterocycles. The van der Waals surface area contributed by atoms with Crippen LogP contribution in [0.25, 0.3) is 0 Å². The second-order valence-corrected chi connectivity index (χ2v) is 5.50. The number of carbonyl (C=O) groups excluding carboxylic acids is 2. The molecule has 2 amide bonds. The van der Waals surface area contributed by atoms with E-state index < -0.39 is 5.91 Å². The molecule has 0 aromatic carbocycles. The van der Waals surface area contributed by atoms with E-state index in [1.54, 1.807) is 0 Å². The van der Waals surface area contributed by atoms with Crippen molar-refractivity contribution in [1.29, 1.82) is 0 Å². The maximum Gasteiger partial charge on any atom is 0.260 e. The highest BCUT2D eigenvalue weighted by molar-refractivity contribution is 7.19. The van der Waals surface area contributed by atoms with Gasteiger partial charge in [-0.25, -0.2) is 0 Å². The number of hydrogen-bond donors (Lipinski definition) is 4. The average molecular weight is 298 g/mol. The number of unbranched alkanes of at least 4 members (excludes halogenated alkanes) is 3. The van der Waals surface area contributed by atoms with E-state index in [4.69, 9.17) is 11.5 Å². The summed E-state index contributed by atoms with van der Waals surface area (Å²) in [7, 11) is 1.52. The summed E-state index contributed by atoms with van der Waals surface area (Å²) in [6.45, 7) is 2.89. The molecule has 0 unspecified atom stereocenters. The molecule has 0 radical (unpaired) electrons. The van der Waals surface area contributed by atoms with E-state index in [2.05, 4.69) is 17.6 Å². The number of amides is 2. The van der Waals surface area contributed by atoms with E-state index in [1.807, 2.05) is 0 Å². The summed E-state index contributed by atoms with van der Waals surface area (Å²) in [6, 6.07) is 0. The van der Waals surface area contributed by atoms with Crippen molar-refractivity contribution < 1.29 is 9.59 Å². The first-order valence-electron chi connectivity index (χ1n) is 6.70. The highest BCUT2D eigenvalue weighted by Crippen LogP contribution is 2.35. The summed E-state index contributed by atoms with van der Waals surface area (Å²) in [5.41, 5.74) is 11.6. The normalized spacial score (nSPS) is 10.3. The van der Waals surface area contributed by atoms with Gasteiger partial charge in [0.2, 0.25) is 0 Å².